The molecule has 0 bridgehead atoms. The Bertz CT molecular complexity index is 1100. The third kappa shape index (κ3) is 4.87. The fraction of sp³-hybridized carbons (Fsp3) is 0.273. The fourth-order valence-corrected chi connectivity index (χ4v) is 3.85. The number of para-hydroxylation sites is 1. The highest BCUT2D eigenvalue weighted by atomic mass is 35.5. The Kier molecular flexibility index (Phi) is 6.93. The SMILES string of the molecule is O=C(NC1CCOCC1)c1nn(-c2ccccc2Cl)c(-c2ccc(Cl)cc2)c1OC(F)F. The summed E-state index contributed by atoms with van der Waals surface area (Å²) < 4.78 is 38.3. The highest BCUT2D eigenvalue weighted by Gasteiger charge is 2.30. The molecule has 1 aromatic heterocycles. The summed E-state index contributed by atoms with van der Waals surface area (Å²) in [6.07, 6.45) is 1.23. The number of benzene rings is 2. The van der Waals surface area contributed by atoms with Crippen molar-refractivity contribution in [2.45, 2.75) is 25.5 Å². The number of hydrogen-bond acceptors (Lipinski definition) is 4. The second-order valence-electron chi connectivity index (χ2n) is 7.14. The van der Waals surface area contributed by atoms with Crippen LogP contribution in [0.15, 0.2) is 48.5 Å². The Balaban J connectivity index is 1.87. The van der Waals surface area contributed by atoms with Crippen molar-refractivity contribution in [1.29, 1.82) is 0 Å². The zero-order valence-electron chi connectivity index (χ0n) is 16.7. The van der Waals surface area contributed by atoms with Crippen molar-refractivity contribution in [3.63, 3.8) is 0 Å². The lowest BCUT2D eigenvalue weighted by Crippen LogP contribution is -2.39. The molecule has 1 aliphatic rings. The predicted octanol–water partition coefficient (Wildman–Crippen LogP) is 5.36. The van der Waals surface area contributed by atoms with Gasteiger partial charge in [0.05, 0.1) is 10.7 Å². The minimum Gasteiger partial charge on any atom is -0.430 e. The lowest BCUT2D eigenvalue weighted by molar-refractivity contribution is -0.0498. The largest absolute Gasteiger partial charge is 0.430 e. The number of alkyl halides is 2. The van der Waals surface area contributed by atoms with Crippen molar-refractivity contribution in [2.75, 3.05) is 13.2 Å². The zero-order chi connectivity index (χ0) is 22.7. The third-order valence-electron chi connectivity index (χ3n) is 5.02. The molecule has 1 N–H and O–H groups in total. The number of amides is 1. The first-order chi connectivity index (χ1) is 15.4. The van der Waals surface area contributed by atoms with Gasteiger partial charge < -0.3 is 14.8 Å². The van der Waals surface area contributed by atoms with Gasteiger partial charge in [0.2, 0.25) is 0 Å². The van der Waals surface area contributed by atoms with Crippen LogP contribution in [-0.4, -0.2) is 41.6 Å². The highest BCUT2D eigenvalue weighted by Crippen LogP contribution is 2.38. The van der Waals surface area contributed by atoms with Gasteiger partial charge in [-0.3, -0.25) is 4.79 Å². The quantitative estimate of drug-likeness (QED) is 0.514. The Labute approximate surface area is 193 Å². The molecule has 0 unspecified atom stereocenters. The minimum absolute atomic E-state index is 0.153. The molecule has 2 aromatic carbocycles. The van der Waals surface area contributed by atoms with Gasteiger partial charge in [-0.2, -0.15) is 13.9 Å². The van der Waals surface area contributed by atoms with E-state index in [1.165, 1.54) is 4.68 Å². The summed E-state index contributed by atoms with van der Waals surface area (Å²) in [5.74, 6) is -0.958. The van der Waals surface area contributed by atoms with E-state index in [2.05, 4.69) is 10.4 Å². The van der Waals surface area contributed by atoms with E-state index in [0.717, 1.165) is 0 Å². The van der Waals surface area contributed by atoms with Gasteiger partial charge in [-0.15, -0.1) is 0 Å². The van der Waals surface area contributed by atoms with Gasteiger partial charge in [0.1, 0.15) is 5.69 Å². The summed E-state index contributed by atoms with van der Waals surface area (Å²) in [6.45, 7) is -2.15. The number of carbonyl (C=O) groups is 1. The van der Waals surface area contributed by atoms with Crippen LogP contribution < -0.4 is 10.1 Å². The zero-order valence-corrected chi connectivity index (χ0v) is 18.2. The first kappa shape index (κ1) is 22.5. The molecule has 0 radical (unpaired) electrons. The van der Waals surface area contributed by atoms with Gasteiger partial charge >= 0.3 is 6.61 Å². The summed E-state index contributed by atoms with van der Waals surface area (Å²) in [5, 5.41) is 7.99. The van der Waals surface area contributed by atoms with Crippen molar-refractivity contribution >= 4 is 29.1 Å². The Hall–Kier alpha value is -2.68. The maximum absolute atomic E-state index is 13.4. The second kappa shape index (κ2) is 9.85. The number of rotatable bonds is 6. The Morgan fingerprint density at radius 2 is 1.81 bits per heavy atom. The first-order valence-electron chi connectivity index (χ1n) is 9.91. The Morgan fingerprint density at radius 3 is 2.47 bits per heavy atom. The van der Waals surface area contributed by atoms with E-state index in [0.29, 0.717) is 47.4 Å². The molecule has 1 fully saturated rings. The molecule has 1 aliphatic heterocycles. The van der Waals surface area contributed by atoms with E-state index in [-0.39, 0.29) is 23.2 Å². The van der Waals surface area contributed by atoms with Gasteiger partial charge in [-0.05, 0) is 37.1 Å². The van der Waals surface area contributed by atoms with Gasteiger partial charge in [0.25, 0.3) is 5.91 Å². The van der Waals surface area contributed by atoms with Gasteiger partial charge in [0.15, 0.2) is 11.4 Å². The van der Waals surface area contributed by atoms with Crippen molar-refractivity contribution in [3.8, 4) is 22.7 Å². The number of carbonyl (C=O) groups excluding carboxylic acids is 1. The maximum Gasteiger partial charge on any atom is 0.387 e. The van der Waals surface area contributed by atoms with Crippen LogP contribution in [0.25, 0.3) is 16.9 Å². The molecule has 1 amide bonds. The van der Waals surface area contributed by atoms with Crippen LogP contribution in [0.2, 0.25) is 10.0 Å². The second-order valence-corrected chi connectivity index (χ2v) is 7.98. The van der Waals surface area contributed by atoms with E-state index in [9.17, 15) is 13.6 Å². The fourth-order valence-electron chi connectivity index (χ4n) is 3.51. The van der Waals surface area contributed by atoms with Crippen LogP contribution in [0.1, 0.15) is 23.3 Å². The van der Waals surface area contributed by atoms with E-state index >= 15 is 0 Å². The van der Waals surface area contributed by atoms with Crippen LogP contribution in [0.5, 0.6) is 5.75 Å². The molecule has 0 aliphatic carbocycles. The highest BCUT2D eigenvalue weighted by molar-refractivity contribution is 6.32. The number of nitrogens with zero attached hydrogens (tertiary/aromatic N) is 2. The van der Waals surface area contributed by atoms with Crippen molar-refractivity contribution in [2.24, 2.45) is 0 Å². The molecule has 0 atom stereocenters. The molecule has 2 heterocycles. The van der Waals surface area contributed by atoms with Crippen molar-refractivity contribution in [1.82, 2.24) is 15.1 Å². The molecular weight excluding hydrogens is 463 g/mol. The summed E-state index contributed by atoms with van der Waals surface area (Å²) in [5.41, 5.74) is 0.778. The molecule has 0 saturated carbocycles. The first-order valence-corrected chi connectivity index (χ1v) is 10.7. The monoisotopic (exact) mass is 481 g/mol. The topological polar surface area (TPSA) is 65.4 Å². The molecule has 4 rings (SSSR count). The smallest absolute Gasteiger partial charge is 0.387 e. The molecule has 10 heteroatoms. The van der Waals surface area contributed by atoms with Crippen LogP contribution in [0.3, 0.4) is 0 Å². The van der Waals surface area contributed by atoms with E-state index in [4.69, 9.17) is 32.7 Å². The molecular formula is C22H19Cl2F2N3O3. The number of ether oxygens (including phenoxy) is 2. The van der Waals surface area contributed by atoms with E-state index < -0.39 is 12.5 Å². The van der Waals surface area contributed by atoms with E-state index in [1.54, 1.807) is 48.5 Å². The molecule has 6 nitrogen and oxygen atoms in total. The number of aromatic nitrogens is 2. The Morgan fingerprint density at radius 1 is 1.12 bits per heavy atom. The minimum atomic E-state index is -3.17. The van der Waals surface area contributed by atoms with Gasteiger partial charge in [0, 0.05) is 29.8 Å². The summed E-state index contributed by atoms with van der Waals surface area (Å²) >= 11 is 12.4. The number of hydrogen-bond donors (Lipinski definition) is 1. The third-order valence-corrected chi connectivity index (χ3v) is 5.59. The van der Waals surface area contributed by atoms with Gasteiger partial charge in [-0.1, -0.05) is 47.5 Å². The lowest BCUT2D eigenvalue weighted by Gasteiger charge is -2.22. The van der Waals surface area contributed by atoms with Crippen LogP contribution >= 0.6 is 23.2 Å². The average Bonchev–Trinajstić information content (AvgIpc) is 3.13. The maximum atomic E-state index is 13.4. The van der Waals surface area contributed by atoms with Gasteiger partial charge in [-0.25, -0.2) is 4.68 Å². The van der Waals surface area contributed by atoms with Crippen LogP contribution in [-0.2, 0) is 4.74 Å². The van der Waals surface area contributed by atoms with E-state index in [1.807, 2.05) is 0 Å². The number of halogens is 4. The molecule has 168 valence electrons. The molecule has 0 spiro atoms. The predicted molar refractivity (Wildman–Crippen MR) is 117 cm³/mol. The normalized spacial score (nSPS) is 14.5. The summed E-state index contributed by atoms with van der Waals surface area (Å²) in [7, 11) is 0. The molecule has 1 saturated heterocycles. The standard InChI is InChI=1S/C22H19Cl2F2N3O3/c23-14-7-5-13(6-8-14)19-20(32-22(25)26)18(21(30)27-15-9-11-31-12-10-15)28-29(19)17-4-2-1-3-16(17)24/h1-8,15,22H,9-12H2,(H,27,30). The molecule has 32 heavy (non-hydrogen) atoms. The average molecular weight is 482 g/mol. The summed E-state index contributed by atoms with van der Waals surface area (Å²) in [6, 6.07) is 13.1. The van der Waals surface area contributed by atoms with Crippen molar-refractivity contribution in [3.05, 3.63) is 64.3 Å². The number of nitrogens with one attached hydrogen (secondary N) is 1. The van der Waals surface area contributed by atoms with Crippen LogP contribution in [0.4, 0.5) is 8.78 Å². The van der Waals surface area contributed by atoms with Crippen LogP contribution in [0, 0.1) is 0 Å². The molecule has 3 aromatic rings. The lowest BCUT2D eigenvalue weighted by atomic mass is 10.1. The van der Waals surface area contributed by atoms with Crippen molar-refractivity contribution < 1.29 is 23.0 Å². The summed E-state index contributed by atoms with van der Waals surface area (Å²) in [4.78, 5) is 13.1.